The van der Waals surface area contributed by atoms with Crippen LogP contribution in [0.5, 0.6) is 0 Å². The molecule has 1 amide bonds. The summed E-state index contributed by atoms with van der Waals surface area (Å²) in [4.78, 5) is 16.6. The summed E-state index contributed by atoms with van der Waals surface area (Å²) in [7, 11) is 0. The first kappa shape index (κ1) is 27.6. The highest BCUT2D eigenvalue weighted by atomic mass is 35.5. The molecule has 4 N–H and O–H groups in total. The van der Waals surface area contributed by atoms with Crippen molar-refractivity contribution in [2.45, 2.75) is 44.9 Å². The maximum atomic E-state index is 13.4. The molecule has 2 atom stereocenters. The second-order valence-electron chi connectivity index (χ2n) is 9.37. The van der Waals surface area contributed by atoms with Crippen LogP contribution in [-0.4, -0.2) is 43.0 Å². The van der Waals surface area contributed by atoms with Gasteiger partial charge in [-0.3, -0.25) is 4.79 Å². The highest BCUT2D eigenvalue weighted by molar-refractivity contribution is 6.35. The number of anilines is 1. The molecule has 3 rings (SSSR count). The van der Waals surface area contributed by atoms with E-state index in [4.69, 9.17) is 34.7 Å². The molecule has 2 aromatic carbocycles. The van der Waals surface area contributed by atoms with Gasteiger partial charge in [-0.1, -0.05) is 43.1 Å². The lowest BCUT2D eigenvalue weighted by atomic mass is 9.94. The molecule has 1 aliphatic rings. The van der Waals surface area contributed by atoms with Crippen molar-refractivity contribution in [2.24, 2.45) is 17.4 Å². The Bertz CT molecular complexity index is 1040. The number of nitrogens with two attached hydrogens (primary N) is 2. The molecule has 1 heterocycles. The average molecular weight is 531 g/mol. The zero-order valence-corrected chi connectivity index (χ0v) is 21.3. The molecule has 5 nitrogen and oxygen atoms in total. The number of carbonyl (C=O) groups excluding carboxylic acids is 1. The Morgan fingerprint density at radius 3 is 2.26 bits per heavy atom. The van der Waals surface area contributed by atoms with E-state index >= 15 is 0 Å². The van der Waals surface area contributed by atoms with E-state index in [0.29, 0.717) is 53.9 Å². The van der Waals surface area contributed by atoms with Crippen molar-refractivity contribution in [3.05, 3.63) is 63.1 Å². The van der Waals surface area contributed by atoms with E-state index in [9.17, 15) is 18.0 Å². The topological polar surface area (TPSA) is 75.6 Å². The molecule has 1 aliphatic heterocycles. The lowest BCUT2D eigenvalue weighted by Crippen LogP contribution is -2.54. The summed E-state index contributed by atoms with van der Waals surface area (Å²) in [6.07, 6.45) is -3.60. The van der Waals surface area contributed by atoms with Gasteiger partial charge < -0.3 is 21.3 Å². The highest BCUT2D eigenvalue weighted by Gasteiger charge is 2.33. The van der Waals surface area contributed by atoms with Crippen LogP contribution in [0.4, 0.5) is 18.9 Å². The van der Waals surface area contributed by atoms with Crippen molar-refractivity contribution >= 4 is 34.8 Å². The number of piperazine rings is 1. The molecule has 0 spiro atoms. The van der Waals surface area contributed by atoms with Crippen LogP contribution in [0.25, 0.3) is 0 Å². The lowest BCUT2D eigenvalue weighted by Gasteiger charge is -2.38. The molecular weight excluding hydrogens is 500 g/mol. The second kappa shape index (κ2) is 11.4. The predicted molar refractivity (Wildman–Crippen MR) is 135 cm³/mol. The van der Waals surface area contributed by atoms with Gasteiger partial charge in [0, 0.05) is 48.0 Å². The lowest BCUT2D eigenvalue weighted by molar-refractivity contribution is -0.137. The number of hydrogen-bond donors (Lipinski definition) is 2. The fraction of sp³-hybridized carbons (Fsp3) is 0.480. The van der Waals surface area contributed by atoms with E-state index in [0.717, 1.165) is 17.7 Å². The van der Waals surface area contributed by atoms with Gasteiger partial charge in [0.05, 0.1) is 11.6 Å². The summed E-state index contributed by atoms with van der Waals surface area (Å²) in [5, 5.41) is 0.962. The zero-order valence-electron chi connectivity index (χ0n) is 19.8. The number of benzene rings is 2. The normalized spacial score (nSPS) is 16.5. The number of halogens is 5. The van der Waals surface area contributed by atoms with Crippen molar-refractivity contribution in [3.63, 3.8) is 0 Å². The van der Waals surface area contributed by atoms with Gasteiger partial charge >= 0.3 is 6.18 Å². The first-order valence-corrected chi connectivity index (χ1v) is 12.3. The smallest absolute Gasteiger partial charge is 0.368 e. The van der Waals surface area contributed by atoms with Crippen molar-refractivity contribution in [3.8, 4) is 0 Å². The highest BCUT2D eigenvalue weighted by Crippen LogP contribution is 2.36. The van der Waals surface area contributed by atoms with Crippen LogP contribution in [-0.2, 0) is 17.4 Å². The van der Waals surface area contributed by atoms with Crippen LogP contribution in [0.1, 0.15) is 43.0 Å². The molecule has 1 saturated heterocycles. The SMILES string of the molecule is CC(C)C[C@H](N)c1cc(C(F)(F)F)ccc1N1CCN(C(=O)[C@H](N)Cc2ccc(Cl)cc2Cl)CC1. The zero-order chi connectivity index (χ0) is 25.9. The summed E-state index contributed by atoms with van der Waals surface area (Å²) in [5.41, 5.74) is 13.7. The first-order valence-electron chi connectivity index (χ1n) is 11.6. The maximum Gasteiger partial charge on any atom is 0.416 e. The van der Waals surface area contributed by atoms with E-state index in [1.165, 1.54) is 6.07 Å². The number of rotatable bonds is 7. The Balaban J connectivity index is 1.70. The molecule has 1 fully saturated rings. The summed E-state index contributed by atoms with van der Waals surface area (Å²) < 4.78 is 40.1. The Morgan fingerprint density at radius 1 is 1.03 bits per heavy atom. The van der Waals surface area contributed by atoms with Crippen LogP contribution in [0.2, 0.25) is 10.0 Å². The molecule has 0 aromatic heterocycles. The quantitative estimate of drug-likeness (QED) is 0.510. The third-order valence-electron chi connectivity index (χ3n) is 6.18. The van der Waals surface area contributed by atoms with Gasteiger partial charge in [0.1, 0.15) is 0 Å². The summed E-state index contributed by atoms with van der Waals surface area (Å²) in [5.74, 6) is 0.0392. The number of hydrogen-bond acceptors (Lipinski definition) is 4. The number of carbonyl (C=O) groups is 1. The molecule has 0 unspecified atom stereocenters. The fourth-order valence-electron chi connectivity index (χ4n) is 4.36. The summed E-state index contributed by atoms with van der Waals surface area (Å²) in [6, 6.07) is 7.51. The summed E-state index contributed by atoms with van der Waals surface area (Å²) in [6.45, 7) is 5.71. The van der Waals surface area contributed by atoms with Crippen LogP contribution < -0.4 is 16.4 Å². The Morgan fingerprint density at radius 2 is 1.69 bits per heavy atom. The van der Waals surface area contributed by atoms with E-state index in [1.807, 2.05) is 18.7 Å². The molecular formula is C25H31Cl2F3N4O. The van der Waals surface area contributed by atoms with Crippen molar-refractivity contribution in [1.29, 1.82) is 0 Å². The van der Waals surface area contributed by atoms with Crippen LogP contribution in [0, 0.1) is 5.92 Å². The van der Waals surface area contributed by atoms with E-state index < -0.39 is 23.8 Å². The molecule has 35 heavy (non-hydrogen) atoms. The van der Waals surface area contributed by atoms with Gasteiger partial charge in [0.2, 0.25) is 5.91 Å². The first-order chi connectivity index (χ1) is 16.4. The van der Waals surface area contributed by atoms with Gasteiger partial charge in [-0.2, -0.15) is 13.2 Å². The molecule has 0 saturated carbocycles. The third kappa shape index (κ3) is 7.03. The minimum Gasteiger partial charge on any atom is -0.368 e. The monoisotopic (exact) mass is 530 g/mol. The van der Waals surface area contributed by atoms with Gasteiger partial charge in [0.25, 0.3) is 0 Å². The van der Waals surface area contributed by atoms with Gasteiger partial charge in [-0.15, -0.1) is 0 Å². The standard InChI is InChI=1S/C25H31Cl2F3N4O/c1-15(2)11-21(31)19-13-17(25(28,29)30)4-6-23(19)33-7-9-34(10-8-33)24(35)22(32)12-16-3-5-18(26)14-20(16)27/h3-6,13-15,21-22H,7-12,31-32H2,1-2H3/t21-,22+/m0/s1. The van der Waals surface area contributed by atoms with E-state index in [-0.39, 0.29) is 18.2 Å². The third-order valence-corrected chi connectivity index (χ3v) is 6.77. The Kier molecular flexibility index (Phi) is 8.96. The van der Waals surface area contributed by atoms with Gasteiger partial charge in [-0.05, 0) is 60.2 Å². The van der Waals surface area contributed by atoms with Crippen LogP contribution in [0.3, 0.4) is 0 Å². The van der Waals surface area contributed by atoms with Crippen LogP contribution >= 0.6 is 23.2 Å². The summed E-state index contributed by atoms with van der Waals surface area (Å²) >= 11 is 12.1. The second-order valence-corrected chi connectivity index (χ2v) is 10.2. The maximum absolute atomic E-state index is 13.4. The minimum atomic E-state index is -4.45. The number of alkyl halides is 3. The van der Waals surface area contributed by atoms with Crippen LogP contribution in [0.15, 0.2) is 36.4 Å². The van der Waals surface area contributed by atoms with Gasteiger partial charge in [-0.25, -0.2) is 0 Å². The Hall–Kier alpha value is -2.00. The largest absolute Gasteiger partial charge is 0.416 e. The molecule has 0 aliphatic carbocycles. The Labute approximate surface area is 214 Å². The van der Waals surface area contributed by atoms with Crippen molar-refractivity contribution in [2.75, 3.05) is 31.1 Å². The minimum absolute atomic E-state index is 0.195. The number of amides is 1. The molecule has 2 aromatic rings. The number of nitrogens with zero attached hydrogens (tertiary/aromatic N) is 2. The van der Waals surface area contributed by atoms with Crippen molar-refractivity contribution < 1.29 is 18.0 Å². The van der Waals surface area contributed by atoms with Gasteiger partial charge in [0.15, 0.2) is 0 Å². The average Bonchev–Trinajstić information content (AvgIpc) is 2.79. The fourth-order valence-corrected chi connectivity index (χ4v) is 4.85. The van der Waals surface area contributed by atoms with Crippen molar-refractivity contribution in [1.82, 2.24) is 4.90 Å². The molecule has 10 heteroatoms. The molecule has 0 radical (unpaired) electrons. The molecule has 0 bridgehead atoms. The molecule has 192 valence electrons. The predicted octanol–water partition coefficient (Wildman–Crippen LogP) is 5.28. The van der Waals surface area contributed by atoms with E-state index in [2.05, 4.69) is 0 Å². The van der Waals surface area contributed by atoms with E-state index in [1.54, 1.807) is 23.1 Å².